The second-order valence-electron chi connectivity index (χ2n) is 3.64. The van der Waals surface area contributed by atoms with Crippen LogP contribution in [-0.4, -0.2) is 16.1 Å². The average Bonchev–Trinajstić information content (AvgIpc) is 2.33. The van der Waals surface area contributed by atoms with Crippen molar-refractivity contribution >= 4 is 33.3 Å². The first kappa shape index (κ1) is 13.4. The Labute approximate surface area is 115 Å². The molecule has 2 N–H and O–H groups in total. The van der Waals surface area contributed by atoms with Gasteiger partial charge in [0.05, 0.1) is 17.4 Å². The highest BCUT2D eigenvalue weighted by molar-refractivity contribution is 9.10. The Balaban J connectivity index is 2.38. The molecule has 98 valence electrons. The molecule has 0 atom stereocenters. The highest BCUT2D eigenvalue weighted by Gasteiger charge is 2.14. The van der Waals surface area contributed by atoms with Gasteiger partial charge in [0.15, 0.2) is 11.6 Å². The molecule has 0 fully saturated rings. The minimum Gasteiger partial charge on any atom is -0.478 e. The van der Waals surface area contributed by atoms with E-state index in [9.17, 15) is 13.6 Å². The van der Waals surface area contributed by atoms with Crippen molar-refractivity contribution in [1.82, 2.24) is 4.98 Å². The van der Waals surface area contributed by atoms with Crippen molar-refractivity contribution in [2.24, 2.45) is 0 Å². The molecule has 0 radical (unpaired) electrons. The van der Waals surface area contributed by atoms with Gasteiger partial charge in [-0.2, -0.15) is 0 Å². The summed E-state index contributed by atoms with van der Waals surface area (Å²) < 4.78 is 28.0. The molecule has 0 amide bonds. The van der Waals surface area contributed by atoms with Crippen molar-refractivity contribution in [3.63, 3.8) is 0 Å². The molecule has 0 saturated heterocycles. The summed E-state index contributed by atoms with van der Waals surface area (Å²) in [5.41, 5.74) is -0.506. The van der Waals surface area contributed by atoms with Crippen molar-refractivity contribution < 1.29 is 18.7 Å². The van der Waals surface area contributed by atoms with Gasteiger partial charge in [-0.25, -0.2) is 13.6 Å². The molecule has 0 unspecified atom stereocenters. The zero-order valence-corrected chi connectivity index (χ0v) is 10.9. The van der Waals surface area contributed by atoms with Crippen molar-refractivity contribution in [3.8, 4) is 0 Å². The van der Waals surface area contributed by atoms with Crippen LogP contribution in [0.5, 0.6) is 0 Å². The predicted octanol–water partition coefficient (Wildman–Crippen LogP) is 3.56. The predicted molar refractivity (Wildman–Crippen MR) is 68.5 cm³/mol. The molecule has 0 bridgehead atoms. The normalized spacial score (nSPS) is 10.3. The topological polar surface area (TPSA) is 62.2 Å². The van der Waals surface area contributed by atoms with Gasteiger partial charge in [-0.15, -0.1) is 0 Å². The molecule has 2 rings (SSSR count). The fourth-order valence-corrected chi connectivity index (χ4v) is 1.81. The number of halogens is 3. The minimum atomic E-state index is -1.39. The van der Waals surface area contributed by atoms with Crippen LogP contribution in [0.3, 0.4) is 0 Å². The lowest BCUT2D eigenvalue weighted by Crippen LogP contribution is -2.03. The zero-order chi connectivity index (χ0) is 14.0. The molecule has 1 heterocycles. The van der Waals surface area contributed by atoms with Crippen LogP contribution in [0.4, 0.5) is 20.2 Å². The molecular formula is C12H7BrF2N2O2. The van der Waals surface area contributed by atoms with Crippen LogP contribution < -0.4 is 5.32 Å². The van der Waals surface area contributed by atoms with Crippen molar-refractivity contribution in [2.45, 2.75) is 0 Å². The molecule has 7 heteroatoms. The monoisotopic (exact) mass is 328 g/mol. The van der Waals surface area contributed by atoms with Gasteiger partial charge >= 0.3 is 5.97 Å². The van der Waals surface area contributed by atoms with Crippen molar-refractivity contribution in [2.75, 3.05) is 5.32 Å². The summed E-state index contributed by atoms with van der Waals surface area (Å²) in [7, 11) is 0. The van der Waals surface area contributed by atoms with Crippen LogP contribution in [-0.2, 0) is 0 Å². The van der Waals surface area contributed by atoms with Crippen molar-refractivity contribution in [3.05, 3.63) is 52.3 Å². The molecule has 0 saturated carbocycles. The van der Waals surface area contributed by atoms with E-state index >= 15 is 0 Å². The molecule has 19 heavy (non-hydrogen) atoms. The van der Waals surface area contributed by atoms with E-state index in [1.165, 1.54) is 12.4 Å². The molecule has 0 spiro atoms. The quantitative estimate of drug-likeness (QED) is 0.904. The standard InChI is InChI=1S/C12H7BrF2N2O2/c13-7-3-8(5-16-4-7)17-11-9(14)1-6(12(18)19)2-10(11)15/h1-5,17H,(H,18,19). The Morgan fingerprint density at radius 2 is 1.84 bits per heavy atom. The smallest absolute Gasteiger partial charge is 0.335 e. The second kappa shape index (κ2) is 5.31. The number of pyridine rings is 1. The Bertz CT molecular complexity index is 626. The van der Waals surface area contributed by atoms with Gasteiger partial charge in [0.2, 0.25) is 0 Å². The van der Waals surface area contributed by atoms with Gasteiger partial charge in [-0.3, -0.25) is 4.98 Å². The van der Waals surface area contributed by atoms with Gasteiger partial charge in [0.25, 0.3) is 0 Å². The van der Waals surface area contributed by atoms with Crippen LogP contribution in [0.1, 0.15) is 10.4 Å². The molecule has 1 aromatic heterocycles. The maximum Gasteiger partial charge on any atom is 0.335 e. The Kier molecular flexibility index (Phi) is 3.75. The number of nitrogens with one attached hydrogen (secondary N) is 1. The summed E-state index contributed by atoms with van der Waals surface area (Å²) in [5.74, 6) is -3.37. The lowest BCUT2D eigenvalue weighted by atomic mass is 10.2. The fourth-order valence-electron chi connectivity index (χ4n) is 1.44. The number of hydrogen-bond acceptors (Lipinski definition) is 3. The zero-order valence-electron chi connectivity index (χ0n) is 9.32. The number of aromatic carboxylic acids is 1. The van der Waals surface area contributed by atoms with Gasteiger partial charge in [0.1, 0.15) is 5.69 Å². The molecule has 0 aliphatic rings. The van der Waals surface area contributed by atoms with E-state index in [4.69, 9.17) is 5.11 Å². The summed E-state index contributed by atoms with van der Waals surface area (Å²) in [6, 6.07) is 3.08. The van der Waals surface area contributed by atoms with E-state index in [1.807, 2.05) is 0 Å². The van der Waals surface area contributed by atoms with E-state index in [-0.39, 0.29) is 0 Å². The van der Waals surface area contributed by atoms with E-state index in [2.05, 4.69) is 26.2 Å². The molecule has 2 aromatic rings. The molecule has 1 aromatic carbocycles. The lowest BCUT2D eigenvalue weighted by molar-refractivity contribution is 0.0696. The van der Waals surface area contributed by atoms with Crippen LogP contribution in [0, 0.1) is 11.6 Å². The first-order valence-corrected chi connectivity index (χ1v) is 5.86. The number of rotatable bonds is 3. The minimum absolute atomic E-state index is 0.371. The molecule has 0 aliphatic carbocycles. The summed E-state index contributed by atoms with van der Waals surface area (Å²) in [6.45, 7) is 0. The number of nitrogens with zero attached hydrogens (tertiary/aromatic N) is 1. The number of hydrogen-bond donors (Lipinski definition) is 2. The fraction of sp³-hybridized carbons (Fsp3) is 0. The molecule has 4 nitrogen and oxygen atoms in total. The number of aromatic nitrogens is 1. The first-order valence-electron chi connectivity index (χ1n) is 5.07. The SMILES string of the molecule is O=C(O)c1cc(F)c(Nc2cncc(Br)c2)c(F)c1. The van der Waals surface area contributed by atoms with E-state index < -0.39 is 28.9 Å². The number of carbonyl (C=O) groups is 1. The van der Waals surface area contributed by atoms with Crippen LogP contribution in [0.2, 0.25) is 0 Å². The maximum atomic E-state index is 13.7. The highest BCUT2D eigenvalue weighted by Crippen LogP contribution is 2.25. The van der Waals surface area contributed by atoms with Crippen molar-refractivity contribution in [1.29, 1.82) is 0 Å². The third-order valence-corrected chi connectivity index (χ3v) is 2.70. The molecule has 0 aliphatic heterocycles. The Hall–Kier alpha value is -2.02. The maximum absolute atomic E-state index is 13.7. The third kappa shape index (κ3) is 3.05. The van der Waals surface area contributed by atoms with Gasteiger partial charge in [-0.05, 0) is 34.1 Å². The van der Waals surface area contributed by atoms with Crippen LogP contribution >= 0.6 is 15.9 Å². The number of carboxylic acids is 1. The Morgan fingerprint density at radius 3 is 2.37 bits per heavy atom. The van der Waals surface area contributed by atoms with Gasteiger partial charge in [0, 0.05) is 10.7 Å². The summed E-state index contributed by atoms with van der Waals surface area (Å²) in [5, 5.41) is 11.2. The largest absolute Gasteiger partial charge is 0.478 e. The second-order valence-corrected chi connectivity index (χ2v) is 4.55. The van der Waals surface area contributed by atoms with Crippen LogP contribution in [0.15, 0.2) is 35.1 Å². The average molecular weight is 329 g/mol. The summed E-state index contributed by atoms with van der Waals surface area (Å²) in [4.78, 5) is 14.5. The van der Waals surface area contributed by atoms with E-state index in [0.717, 1.165) is 12.1 Å². The number of carboxylic acid groups (broad SMARTS) is 1. The summed E-state index contributed by atoms with van der Waals surface area (Å²) >= 11 is 3.18. The van der Waals surface area contributed by atoms with Gasteiger partial charge in [-0.1, -0.05) is 0 Å². The Morgan fingerprint density at radius 1 is 1.21 bits per heavy atom. The summed E-state index contributed by atoms with van der Waals surface area (Å²) in [6.07, 6.45) is 2.90. The first-order chi connectivity index (χ1) is 8.97. The van der Waals surface area contributed by atoms with Crippen LogP contribution in [0.25, 0.3) is 0 Å². The number of benzene rings is 1. The lowest BCUT2D eigenvalue weighted by Gasteiger charge is -2.09. The van der Waals surface area contributed by atoms with Gasteiger partial charge < -0.3 is 10.4 Å². The number of anilines is 2. The molecular weight excluding hydrogens is 322 g/mol. The van der Waals surface area contributed by atoms with E-state index in [0.29, 0.717) is 10.2 Å². The third-order valence-electron chi connectivity index (χ3n) is 2.26. The highest BCUT2D eigenvalue weighted by atomic mass is 79.9. The van der Waals surface area contributed by atoms with E-state index in [1.54, 1.807) is 6.07 Å².